The third-order valence-electron chi connectivity index (χ3n) is 3.49. The first-order chi connectivity index (χ1) is 8.41. The molecule has 0 aromatic heterocycles. The number of halogens is 1. The second kappa shape index (κ2) is 4.40. The van der Waals surface area contributed by atoms with Crippen LogP contribution in [0.25, 0.3) is 0 Å². The van der Waals surface area contributed by atoms with Crippen molar-refractivity contribution in [2.24, 2.45) is 11.7 Å². The average Bonchev–Trinajstić information content (AvgIpc) is 2.28. The van der Waals surface area contributed by atoms with E-state index in [4.69, 9.17) is 11.5 Å². The minimum absolute atomic E-state index is 0.0220. The Kier molecular flexibility index (Phi) is 3.07. The van der Waals surface area contributed by atoms with Crippen molar-refractivity contribution >= 4 is 17.4 Å². The van der Waals surface area contributed by atoms with Gasteiger partial charge < -0.3 is 11.5 Å². The van der Waals surface area contributed by atoms with Crippen LogP contribution in [0.1, 0.15) is 34.3 Å². The number of carbonyl (C=O) groups excluding carboxylic acids is 2. The summed E-state index contributed by atoms with van der Waals surface area (Å²) in [6.07, 6.45) is 1.08. The van der Waals surface area contributed by atoms with Crippen molar-refractivity contribution in [2.45, 2.75) is 26.2 Å². The zero-order valence-corrected chi connectivity index (χ0v) is 10.1. The van der Waals surface area contributed by atoms with Crippen LogP contribution in [0.15, 0.2) is 6.07 Å². The Morgan fingerprint density at radius 3 is 2.83 bits per heavy atom. The van der Waals surface area contributed by atoms with E-state index in [1.807, 2.05) is 0 Å². The van der Waals surface area contributed by atoms with Crippen LogP contribution >= 0.6 is 0 Å². The zero-order chi connectivity index (χ0) is 13.4. The predicted octanol–water partition coefficient (Wildman–Crippen LogP) is 1.34. The molecular formula is C13H15FN2O2. The van der Waals surface area contributed by atoms with Crippen LogP contribution in [0.3, 0.4) is 0 Å². The largest absolute Gasteiger partial charge is 0.398 e. The molecule has 4 nitrogen and oxygen atoms in total. The Balaban J connectivity index is 2.47. The number of hydrogen-bond donors (Lipinski definition) is 2. The molecule has 0 spiro atoms. The molecule has 1 amide bonds. The predicted molar refractivity (Wildman–Crippen MR) is 65.5 cm³/mol. The lowest BCUT2D eigenvalue weighted by molar-refractivity contribution is -0.118. The number of benzene rings is 1. The lowest BCUT2D eigenvalue weighted by Gasteiger charge is -2.25. The van der Waals surface area contributed by atoms with Gasteiger partial charge in [-0.1, -0.05) is 0 Å². The van der Waals surface area contributed by atoms with Crippen molar-refractivity contribution in [1.29, 1.82) is 0 Å². The third kappa shape index (κ3) is 1.96. The first kappa shape index (κ1) is 12.5. The van der Waals surface area contributed by atoms with Crippen molar-refractivity contribution in [3.05, 3.63) is 28.6 Å². The quantitative estimate of drug-likeness (QED) is 0.776. The summed E-state index contributed by atoms with van der Waals surface area (Å²) in [7, 11) is 0. The molecule has 0 heterocycles. The topological polar surface area (TPSA) is 86.2 Å². The van der Waals surface area contributed by atoms with Gasteiger partial charge in [0.1, 0.15) is 5.82 Å². The van der Waals surface area contributed by atoms with Gasteiger partial charge in [-0.2, -0.15) is 0 Å². The molecule has 0 saturated carbocycles. The first-order valence-corrected chi connectivity index (χ1v) is 5.81. The number of hydrogen-bond acceptors (Lipinski definition) is 3. The third-order valence-corrected chi connectivity index (χ3v) is 3.49. The van der Waals surface area contributed by atoms with Gasteiger partial charge in [-0.15, -0.1) is 0 Å². The number of ketones is 1. The lowest BCUT2D eigenvalue weighted by Crippen LogP contribution is -2.29. The first-order valence-electron chi connectivity index (χ1n) is 5.81. The van der Waals surface area contributed by atoms with Gasteiger partial charge in [0, 0.05) is 23.6 Å². The van der Waals surface area contributed by atoms with Gasteiger partial charge in [-0.3, -0.25) is 9.59 Å². The molecule has 96 valence electrons. The average molecular weight is 250 g/mol. The summed E-state index contributed by atoms with van der Waals surface area (Å²) < 4.78 is 13.5. The summed E-state index contributed by atoms with van der Waals surface area (Å²) in [6.45, 7) is 1.63. The summed E-state index contributed by atoms with van der Waals surface area (Å²) in [5.41, 5.74) is 12.5. The van der Waals surface area contributed by atoms with E-state index in [2.05, 4.69) is 0 Å². The fourth-order valence-corrected chi connectivity index (χ4v) is 2.52. The van der Waals surface area contributed by atoms with Crippen LogP contribution < -0.4 is 11.5 Å². The van der Waals surface area contributed by atoms with Gasteiger partial charge in [0.05, 0.1) is 0 Å². The number of carbonyl (C=O) groups is 2. The number of amides is 1. The fourth-order valence-electron chi connectivity index (χ4n) is 2.52. The SMILES string of the molecule is Cc1c(F)cc(N)c2c1CCC(CC(N)=O)C2=O. The molecule has 1 unspecified atom stereocenters. The van der Waals surface area contributed by atoms with Crippen LogP contribution in [0, 0.1) is 18.7 Å². The number of primary amides is 1. The Bertz CT molecular complexity index is 540. The molecule has 0 saturated heterocycles. The van der Waals surface area contributed by atoms with E-state index in [0.717, 1.165) is 0 Å². The van der Waals surface area contributed by atoms with Crippen LogP contribution in [-0.2, 0) is 11.2 Å². The summed E-state index contributed by atoms with van der Waals surface area (Å²) in [6, 6.07) is 1.17. The summed E-state index contributed by atoms with van der Waals surface area (Å²) in [5, 5.41) is 0. The molecule has 18 heavy (non-hydrogen) atoms. The van der Waals surface area contributed by atoms with Crippen molar-refractivity contribution in [1.82, 2.24) is 0 Å². The van der Waals surface area contributed by atoms with Gasteiger partial charge in [-0.05, 0) is 37.0 Å². The lowest BCUT2D eigenvalue weighted by atomic mass is 9.78. The highest BCUT2D eigenvalue weighted by molar-refractivity contribution is 6.06. The van der Waals surface area contributed by atoms with Crippen molar-refractivity contribution in [2.75, 3.05) is 5.73 Å². The maximum Gasteiger partial charge on any atom is 0.218 e. The number of anilines is 1. The molecule has 0 aliphatic heterocycles. The van der Waals surface area contributed by atoms with E-state index in [0.29, 0.717) is 29.5 Å². The van der Waals surface area contributed by atoms with Crippen LogP contribution in [0.5, 0.6) is 0 Å². The molecule has 5 heteroatoms. The van der Waals surface area contributed by atoms with Crippen molar-refractivity contribution in [3.63, 3.8) is 0 Å². The number of rotatable bonds is 2. The minimum atomic E-state index is -0.505. The molecule has 1 aliphatic rings. The molecule has 1 aromatic rings. The monoisotopic (exact) mass is 250 g/mol. The van der Waals surface area contributed by atoms with Crippen LogP contribution in [0.2, 0.25) is 0 Å². The van der Waals surface area contributed by atoms with Gasteiger partial charge >= 0.3 is 0 Å². The molecule has 2 rings (SSSR count). The molecule has 0 radical (unpaired) electrons. The summed E-state index contributed by atoms with van der Waals surface area (Å²) >= 11 is 0. The highest BCUT2D eigenvalue weighted by Gasteiger charge is 2.31. The van der Waals surface area contributed by atoms with Gasteiger partial charge in [0.25, 0.3) is 0 Å². The molecule has 0 fully saturated rings. The normalized spacial score (nSPS) is 18.6. The Hall–Kier alpha value is -1.91. The number of nitrogens with two attached hydrogens (primary N) is 2. The van der Waals surface area contributed by atoms with E-state index in [-0.39, 0.29) is 17.9 Å². The molecular weight excluding hydrogens is 235 g/mol. The van der Waals surface area contributed by atoms with Gasteiger partial charge in [0.2, 0.25) is 5.91 Å². The second-order valence-corrected chi connectivity index (χ2v) is 4.70. The van der Waals surface area contributed by atoms with E-state index < -0.39 is 17.6 Å². The van der Waals surface area contributed by atoms with Crippen LogP contribution in [-0.4, -0.2) is 11.7 Å². The molecule has 4 N–H and O–H groups in total. The summed E-state index contributed by atoms with van der Waals surface area (Å²) in [5.74, 6) is -1.53. The van der Waals surface area contributed by atoms with Gasteiger partial charge in [-0.25, -0.2) is 4.39 Å². The molecule has 1 atom stereocenters. The zero-order valence-electron chi connectivity index (χ0n) is 10.1. The Morgan fingerprint density at radius 1 is 1.56 bits per heavy atom. The standard InChI is InChI=1S/C13H15FN2O2/c1-6-8-3-2-7(4-11(16)17)13(18)12(8)10(15)5-9(6)14/h5,7H,2-4,15H2,1H3,(H2,16,17). The van der Waals surface area contributed by atoms with Crippen LogP contribution in [0.4, 0.5) is 10.1 Å². The Labute approximate surface area is 104 Å². The van der Waals surface area contributed by atoms with Crippen molar-refractivity contribution in [3.8, 4) is 0 Å². The summed E-state index contributed by atoms with van der Waals surface area (Å²) in [4.78, 5) is 23.1. The molecule has 0 bridgehead atoms. The second-order valence-electron chi connectivity index (χ2n) is 4.70. The fraction of sp³-hybridized carbons (Fsp3) is 0.385. The molecule has 1 aliphatic carbocycles. The number of nitrogen functional groups attached to an aromatic ring is 1. The highest BCUT2D eigenvalue weighted by Crippen LogP contribution is 2.34. The minimum Gasteiger partial charge on any atom is -0.398 e. The van der Waals surface area contributed by atoms with E-state index in [1.165, 1.54) is 6.07 Å². The smallest absolute Gasteiger partial charge is 0.218 e. The number of Topliss-reactive ketones (excluding diaryl/α,β-unsaturated/α-hetero) is 1. The van der Waals surface area contributed by atoms with E-state index in [9.17, 15) is 14.0 Å². The number of fused-ring (bicyclic) bond motifs is 1. The van der Waals surface area contributed by atoms with E-state index in [1.54, 1.807) is 6.92 Å². The maximum absolute atomic E-state index is 13.5. The van der Waals surface area contributed by atoms with Crippen molar-refractivity contribution < 1.29 is 14.0 Å². The highest BCUT2D eigenvalue weighted by atomic mass is 19.1. The van der Waals surface area contributed by atoms with Gasteiger partial charge in [0.15, 0.2) is 5.78 Å². The molecule has 1 aromatic carbocycles. The maximum atomic E-state index is 13.5. The Morgan fingerprint density at radius 2 is 2.22 bits per heavy atom. The van der Waals surface area contributed by atoms with E-state index >= 15 is 0 Å².